The molecule has 42 heavy (non-hydrogen) atoms. The van der Waals surface area contributed by atoms with Gasteiger partial charge in [0.1, 0.15) is 23.1 Å². The summed E-state index contributed by atoms with van der Waals surface area (Å²) in [4.78, 5) is 56.8. The lowest BCUT2D eigenvalue weighted by Gasteiger charge is -2.43. The lowest BCUT2D eigenvalue weighted by Crippen LogP contribution is -2.60. The zero-order valence-electron chi connectivity index (χ0n) is 23.6. The van der Waals surface area contributed by atoms with Crippen molar-refractivity contribution in [2.24, 2.45) is 5.92 Å². The van der Waals surface area contributed by atoms with Crippen LogP contribution >= 0.6 is 0 Å². The molecule has 2 saturated heterocycles. The Bertz CT molecular complexity index is 1370. The van der Waals surface area contributed by atoms with E-state index in [9.17, 15) is 36.7 Å². The topological polar surface area (TPSA) is 99.3 Å². The van der Waals surface area contributed by atoms with Gasteiger partial charge >= 0.3 is 12.2 Å². The predicted octanol–water partition coefficient (Wildman–Crippen LogP) is 4.46. The molecule has 0 aromatic heterocycles. The van der Waals surface area contributed by atoms with Gasteiger partial charge in [-0.2, -0.15) is 13.2 Å². The van der Waals surface area contributed by atoms with E-state index in [1.54, 1.807) is 38.1 Å². The van der Waals surface area contributed by atoms with Crippen LogP contribution in [0.1, 0.15) is 49.5 Å². The number of alkyl halides is 3. The number of likely N-dealkylation sites (N-methyl/N-ethyl adjacent to an activating group) is 1. The minimum absolute atomic E-state index is 0.0799. The third-order valence-corrected chi connectivity index (χ3v) is 7.62. The van der Waals surface area contributed by atoms with Crippen molar-refractivity contribution in [3.63, 3.8) is 0 Å². The molecule has 2 aromatic rings. The molecule has 0 saturated carbocycles. The molecule has 2 aliphatic rings. The van der Waals surface area contributed by atoms with Crippen LogP contribution in [0.2, 0.25) is 0 Å². The van der Waals surface area contributed by atoms with Crippen LogP contribution in [-0.2, 0) is 15.8 Å². The first kappa shape index (κ1) is 30.8. The molecule has 1 atom stereocenters. The molecular formula is C29H32F4N4O5. The highest BCUT2D eigenvalue weighted by Crippen LogP contribution is 2.41. The van der Waals surface area contributed by atoms with Gasteiger partial charge < -0.3 is 15.0 Å². The van der Waals surface area contributed by atoms with Crippen molar-refractivity contribution in [3.05, 3.63) is 59.4 Å². The van der Waals surface area contributed by atoms with E-state index >= 15 is 0 Å². The highest BCUT2D eigenvalue weighted by Gasteiger charge is 2.58. The molecule has 0 bridgehead atoms. The number of imide groups is 1. The Hall–Kier alpha value is -4.16. The number of hydrogen-bond donors (Lipinski definition) is 1. The monoisotopic (exact) mass is 592 g/mol. The van der Waals surface area contributed by atoms with Crippen molar-refractivity contribution >= 4 is 29.4 Å². The minimum Gasteiger partial charge on any atom is -0.494 e. The number of carbonyl (C=O) groups is 4. The zero-order chi connectivity index (χ0) is 31.0. The van der Waals surface area contributed by atoms with Crippen molar-refractivity contribution in [1.29, 1.82) is 0 Å². The van der Waals surface area contributed by atoms with E-state index in [0.29, 0.717) is 30.2 Å². The Labute approximate surface area is 240 Å². The standard InChI is InChI=1S/C29H32F4N4O5/c1-5-42-22-8-6-21(7-9-22)37-27(41)35(4)26(40)28(37)10-12-36(13-11-28)25(39)23(17(2)3)34-24(38)18-14-19(29(31,32)33)16-20(30)15-18/h6-9,14-17,23H,5,10-13H2,1-4H3,(H,34,38)/t23-/m1/s1. The van der Waals surface area contributed by atoms with E-state index in [0.717, 1.165) is 4.90 Å². The molecule has 9 nitrogen and oxygen atoms in total. The maximum atomic E-state index is 13.9. The number of piperidine rings is 1. The molecular weight excluding hydrogens is 560 g/mol. The molecule has 0 radical (unpaired) electrons. The van der Waals surface area contributed by atoms with Gasteiger partial charge in [-0.15, -0.1) is 0 Å². The van der Waals surface area contributed by atoms with E-state index < -0.39 is 64.4 Å². The third kappa shape index (κ3) is 5.77. The summed E-state index contributed by atoms with van der Waals surface area (Å²) < 4.78 is 58.8. The van der Waals surface area contributed by atoms with Gasteiger partial charge in [-0.25, -0.2) is 9.18 Å². The number of anilines is 1. The SMILES string of the molecule is CCOc1ccc(N2C(=O)N(C)C(=O)C23CCN(C(=O)[C@H](NC(=O)c2cc(F)cc(C(F)(F)F)c2)C(C)C)CC3)cc1. The molecule has 4 rings (SSSR count). The van der Waals surface area contributed by atoms with Crippen molar-refractivity contribution in [3.8, 4) is 5.75 Å². The second-order valence-electron chi connectivity index (χ2n) is 10.7. The van der Waals surface area contributed by atoms with Crippen LogP contribution in [0, 0.1) is 11.7 Å². The van der Waals surface area contributed by atoms with Crippen LogP contribution in [0.3, 0.4) is 0 Å². The summed E-state index contributed by atoms with van der Waals surface area (Å²) in [6.45, 7) is 5.78. The number of likely N-dealkylation sites (tertiary alicyclic amines) is 1. The maximum Gasteiger partial charge on any atom is 0.416 e. The van der Waals surface area contributed by atoms with E-state index in [4.69, 9.17) is 4.74 Å². The zero-order valence-corrected chi connectivity index (χ0v) is 23.6. The average Bonchev–Trinajstić information content (AvgIpc) is 3.11. The molecule has 13 heteroatoms. The van der Waals surface area contributed by atoms with Crippen LogP contribution in [0.5, 0.6) is 5.75 Å². The molecule has 2 fully saturated rings. The van der Waals surface area contributed by atoms with Gasteiger partial charge in [-0.3, -0.25) is 24.2 Å². The summed E-state index contributed by atoms with van der Waals surface area (Å²) in [6, 6.07) is 6.64. The Balaban J connectivity index is 1.52. The summed E-state index contributed by atoms with van der Waals surface area (Å²) in [7, 11) is 1.40. The number of amides is 5. The number of nitrogens with zero attached hydrogens (tertiary/aromatic N) is 3. The Morgan fingerprint density at radius 3 is 2.21 bits per heavy atom. The first-order valence-corrected chi connectivity index (χ1v) is 13.5. The molecule has 2 aliphatic heterocycles. The van der Waals surface area contributed by atoms with E-state index in [2.05, 4.69) is 5.32 Å². The fourth-order valence-electron chi connectivity index (χ4n) is 5.40. The van der Waals surface area contributed by atoms with Crippen molar-refractivity contribution in [2.45, 2.75) is 51.4 Å². The molecule has 1 spiro atoms. The second kappa shape index (κ2) is 11.6. The van der Waals surface area contributed by atoms with Crippen LogP contribution in [0.25, 0.3) is 0 Å². The summed E-state index contributed by atoms with van der Waals surface area (Å²) in [5.74, 6) is -3.01. The van der Waals surface area contributed by atoms with Crippen LogP contribution in [0.15, 0.2) is 42.5 Å². The van der Waals surface area contributed by atoms with Crippen LogP contribution in [0.4, 0.5) is 28.0 Å². The lowest BCUT2D eigenvalue weighted by molar-refractivity contribution is -0.139. The fraction of sp³-hybridized carbons (Fsp3) is 0.448. The van der Waals surface area contributed by atoms with Crippen LogP contribution in [-0.4, -0.2) is 71.9 Å². The number of urea groups is 1. The van der Waals surface area contributed by atoms with Crippen LogP contribution < -0.4 is 15.0 Å². The van der Waals surface area contributed by atoms with Gasteiger partial charge in [0.05, 0.1) is 12.2 Å². The maximum absolute atomic E-state index is 13.9. The minimum atomic E-state index is -4.86. The lowest BCUT2D eigenvalue weighted by atomic mass is 9.85. The Morgan fingerprint density at radius 2 is 1.67 bits per heavy atom. The number of ether oxygens (including phenoxy) is 1. The van der Waals surface area contributed by atoms with Gasteiger partial charge in [0.2, 0.25) is 5.91 Å². The summed E-state index contributed by atoms with van der Waals surface area (Å²) in [5, 5.41) is 2.45. The highest BCUT2D eigenvalue weighted by atomic mass is 19.4. The molecule has 2 aromatic carbocycles. The number of rotatable bonds is 7. The van der Waals surface area contributed by atoms with Crippen molar-refractivity contribution in [2.75, 3.05) is 31.6 Å². The molecule has 0 aliphatic carbocycles. The van der Waals surface area contributed by atoms with Gasteiger partial charge in [0.15, 0.2) is 0 Å². The molecule has 226 valence electrons. The van der Waals surface area contributed by atoms with Gasteiger partial charge in [-0.1, -0.05) is 13.8 Å². The summed E-state index contributed by atoms with van der Waals surface area (Å²) >= 11 is 0. The fourth-order valence-corrected chi connectivity index (χ4v) is 5.40. The number of benzene rings is 2. The molecule has 0 unspecified atom stereocenters. The third-order valence-electron chi connectivity index (χ3n) is 7.62. The van der Waals surface area contributed by atoms with Gasteiger partial charge in [0.25, 0.3) is 11.8 Å². The molecule has 2 heterocycles. The number of hydrogen-bond acceptors (Lipinski definition) is 5. The number of halogens is 4. The van der Waals surface area contributed by atoms with Gasteiger partial charge in [-0.05, 0) is 68.1 Å². The summed E-state index contributed by atoms with van der Waals surface area (Å²) in [5.41, 5.74) is -2.61. The van der Waals surface area contributed by atoms with Gasteiger partial charge in [0, 0.05) is 31.4 Å². The van der Waals surface area contributed by atoms with E-state index in [-0.39, 0.29) is 32.0 Å². The Kier molecular flexibility index (Phi) is 8.51. The predicted molar refractivity (Wildman–Crippen MR) is 144 cm³/mol. The Morgan fingerprint density at radius 1 is 1.05 bits per heavy atom. The second-order valence-corrected chi connectivity index (χ2v) is 10.7. The largest absolute Gasteiger partial charge is 0.494 e. The van der Waals surface area contributed by atoms with E-state index in [1.807, 2.05) is 6.92 Å². The first-order valence-electron chi connectivity index (χ1n) is 13.5. The smallest absolute Gasteiger partial charge is 0.416 e. The highest BCUT2D eigenvalue weighted by molar-refractivity contribution is 6.16. The molecule has 1 N–H and O–H groups in total. The van der Waals surface area contributed by atoms with Crippen molar-refractivity contribution in [1.82, 2.24) is 15.1 Å². The van der Waals surface area contributed by atoms with E-state index in [1.165, 1.54) is 16.8 Å². The normalized spacial score (nSPS) is 17.7. The van der Waals surface area contributed by atoms with Crippen molar-refractivity contribution < 1.29 is 41.5 Å². The molecule has 5 amide bonds. The summed E-state index contributed by atoms with van der Waals surface area (Å²) in [6.07, 6.45) is -4.61. The quantitative estimate of drug-likeness (QED) is 0.378. The first-order chi connectivity index (χ1) is 19.7. The number of nitrogens with one attached hydrogen (secondary N) is 1. The number of carbonyl (C=O) groups excluding carboxylic acids is 4. The average molecular weight is 593 g/mol.